The average molecular weight is 349 g/mol. The van der Waals surface area contributed by atoms with Crippen molar-refractivity contribution in [3.8, 4) is 0 Å². The first-order valence-corrected chi connectivity index (χ1v) is 18.1. The Morgan fingerprint density at radius 3 is 1.78 bits per heavy atom. The normalized spacial score (nSPS) is 14.1. The second-order valence-corrected chi connectivity index (χ2v) is 31.8. The van der Waals surface area contributed by atoms with Crippen LogP contribution in [0.15, 0.2) is 36.0 Å². The van der Waals surface area contributed by atoms with Crippen molar-refractivity contribution in [3.05, 3.63) is 41.6 Å². The Kier molecular flexibility index (Phi) is 5.47. The summed E-state index contributed by atoms with van der Waals surface area (Å²) in [5.74, 6) is 0. The number of hydrogen-bond donors (Lipinski definition) is 0. The van der Waals surface area contributed by atoms with Crippen molar-refractivity contribution < 1.29 is 0 Å². The molecule has 0 aliphatic heterocycles. The van der Waals surface area contributed by atoms with Crippen LogP contribution in [0.4, 0.5) is 0 Å². The first-order valence-electron chi connectivity index (χ1n) is 6.49. The zero-order valence-electron chi connectivity index (χ0n) is 12.5. The monoisotopic (exact) mass is 350 g/mol. The molecular formula is C14H24GeSi3. The van der Waals surface area contributed by atoms with E-state index in [1.54, 1.807) is 0 Å². The Morgan fingerprint density at radius 1 is 0.944 bits per heavy atom. The Balaban J connectivity index is 3.11. The molecule has 0 nitrogen and oxygen atoms in total. The van der Waals surface area contributed by atoms with Crippen molar-refractivity contribution in [1.29, 1.82) is 0 Å². The van der Waals surface area contributed by atoms with E-state index in [9.17, 15) is 0 Å². The number of rotatable bonds is 4. The van der Waals surface area contributed by atoms with Gasteiger partial charge in [0.15, 0.2) is 0 Å². The van der Waals surface area contributed by atoms with Crippen LogP contribution in [0.1, 0.15) is 5.56 Å². The summed E-state index contributed by atoms with van der Waals surface area (Å²) in [5, 5.41) is 0. The molecule has 96 valence electrons. The van der Waals surface area contributed by atoms with Crippen LogP contribution in [0.3, 0.4) is 0 Å². The molecule has 0 unspecified atom stereocenters. The molecule has 0 fully saturated rings. The van der Waals surface area contributed by atoms with Crippen molar-refractivity contribution in [2.24, 2.45) is 0 Å². The van der Waals surface area contributed by atoms with Crippen molar-refractivity contribution in [2.45, 2.75) is 39.3 Å². The Hall–Kier alpha value is 0.154. The van der Waals surface area contributed by atoms with E-state index in [2.05, 4.69) is 91.8 Å². The molecule has 0 saturated carbocycles. The molecule has 4 heteroatoms. The predicted molar refractivity (Wildman–Crippen MR) is 92.6 cm³/mol. The summed E-state index contributed by atoms with van der Waals surface area (Å²) < 4.78 is 1.49. The SMILES string of the molecule is C[Si](C)(C)[Si](/C=[C](\[Ge])c1ccccc1)[Si](C)(C)C. The quantitative estimate of drug-likeness (QED) is 0.719. The molecule has 0 aromatic heterocycles. The molecular weight excluding hydrogens is 325 g/mol. The Bertz CT molecular complexity index is 399. The van der Waals surface area contributed by atoms with Gasteiger partial charge in [-0.2, -0.15) is 0 Å². The summed E-state index contributed by atoms with van der Waals surface area (Å²) in [4.78, 5) is 0. The Morgan fingerprint density at radius 2 is 1.39 bits per heavy atom. The molecule has 18 heavy (non-hydrogen) atoms. The van der Waals surface area contributed by atoms with Gasteiger partial charge in [0.1, 0.15) is 0 Å². The maximum absolute atomic E-state index is 2.68. The van der Waals surface area contributed by atoms with Crippen LogP contribution in [0.25, 0.3) is 4.41 Å². The van der Waals surface area contributed by atoms with Gasteiger partial charge < -0.3 is 0 Å². The minimum atomic E-state index is -1.03. The molecule has 0 spiro atoms. The van der Waals surface area contributed by atoms with Crippen LogP contribution in [-0.4, -0.2) is 39.5 Å². The molecule has 0 bridgehead atoms. The third kappa shape index (κ3) is 4.68. The molecule has 0 heterocycles. The Labute approximate surface area is 124 Å². The van der Waals surface area contributed by atoms with Gasteiger partial charge in [-0.3, -0.25) is 0 Å². The molecule has 0 saturated heterocycles. The van der Waals surface area contributed by atoms with Crippen LogP contribution in [0.5, 0.6) is 0 Å². The molecule has 0 atom stereocenters. The summed E-state index contributed by atoms with van der Waals surface area (Å²) in [5.41, 5.74) is 4.08. The van der Waals surface area contributed by atoms with E-state index in [1.165, 1.54) is 9.97 Å². The second kappa shape index (κ2) is 6.07. The van der Waals surface area contributed by atoms with E-state index in [4.69, 9.17) is 0 Å². The fourth-order valence-corrected chi connectivity index (χ4v) is 39.5. The standard InChI is InChI=1S/C14H24GeSi3/c1-17(2,3)16(18(4,5)6)12-14(15)13-10-8-7-9-11-13/h7-12H,1-6H3/b14-12-. The topological polar surface area (TPSA) is 0 Å². The van der Waals surface area contributed by atoms with E-state index in [0.29, 0.717) is 0 Å². The van der Waals surface area contributed by atoms with Gasteiger partial charge in [-0.1, -0.05) is 0 Å². The third-order valence-corrected chi connectivity index (χ3v) is 32.4. The van der Waals surface area contributed by atoms with Crippen LogP contribution in [-0.2, 0) is 0 Å². The third-order valence-electron chi connectivity index (χ3n) is 2.99. The zero-order chi connectivity index (χ0) is 14.0. The zero-order valence-corrected chi connectivity index (χ0v) is 17.6. The molecule has 1 aromatic carbocycles. The van der Waals surface area contributed by atoms with E-state index < -0.39 is 15.2 Å². The van der Waals surface area contributed by atoms with Gasteiger partial charge >= 0.3 is 125 Å². The summed E-state index contributed by atoms with van der Waals surface area (Å²) >= 11 is 2.29. The maximum atomic E-state index is 2.68. The van der Waals surface area contributed by atoms with Gasteiger partial charge in [0.2, 0.25) is 0 Å². The fourth-order valence-electron chi connectivity index (χ4n) is 2.40. The molecule has 4 radical (unpaired) electrons. The van der Waals surface area contributed by atoms with Gasteiger partial charge in [0.25, 0.3) is 0 Å². The van der Waals surface area contributed by atoms with Gasteiger partial charge in [-0.05, 0) is 0 Å². The van der Waals surface area contributed by atoms with E-state index in [1.807, 2.05) is 0 Å². The van der Waals surface area contributed by atoms with Crippen molar-refractivity contribution in [3.63, 3.8) is 0 Å². The molecule has 0 N–H and O–H groups in total. The van der Waals surface area contributed by atoms with E-state index >= 15 is 0 Å². The van der Waals surface area contributed by atoms with E-state index in [-0.39, 0.29) is 7.83 Å². The first kappa shape index (κ1) is 16.2. The van der Waals surface area contributed by atoms with Crippen LogP contribution in [0.2, 0.25) is 39.3 Å². The van der Waals surface area contributed by atoms with Gasteiger partial charge in [-0.15, -0.1) is 0 Å². The summed E-state index contributed by atoms with van der Waals surface area (Å²) in [7, 11) is -2.37. The summed E-state index contributed by atoms with van der Waals surface area (Å²) in [6.07, 6.45) is 0. The first-order chi connectivity index (χ1) is 8.12. The van der Waals surface area contributed by atoms with Crippen molar-refractivity contribution in [2.75, 3.05) is 0 Å². The molecule has 0 aliphatic carbocycles. The fraction of sp³-hybridized carbons (Fsp3) is 0.429. The molecule has 1 rings (SSSR count). The molecule has 0 aliphatic rings. The molecule has 0 amide bonds. The summed E-state index contributed by atoms with van der Waals surface area (Å²) in [6.45, 7) is 15.3. The van der Waals surface area contributed by atoms with Gasteiger partial charge in [0, 0.05) is 0 Å². The summed E-state index contributed by atoms with van der Waals surface area (Å²) in [6, 6.07) is 10.9. The van der Waals surface area contributed by atoms with Crippen LogP contribution < -0.4 is 0 Å². The van der Waals surface area contributed by atoms with E-state index in [0.717, 1.165) is 0 Å². The average Bonchev–Trinajstić information content (AvgIpc) is 2.23. The number of hydrogen-bond acceptors (Lipinski definition) is 0. The van der Waals surface area contributed by atoms with Gasteiger partial charge in [0.05, 0.1) is 0 Å². The van der Waals surface area contributed by atoms with Crippen molar-refractivity contribution in [1.82, 2.24) is 0 Å². The minimum absolute atomic E-state index is 0.306. The number of benzene rings is 1. The molecule has 1 aromatic rings. The predicted octanol–water partition coefficient (Wildman–Crippen LogP) is 4.06. The van der Waals surface area contributed by atoms with Crippen LogP contribution in [0, 0.1) is 0 Å². The van der Waals surface area contributed by atoms with Gasteiger partial charge in [-0.25, -0.2) is 0 Å². The van der Waals surface area contributed by atoms with Crippen LogP contribution >= 0.6 is 0 Å². The second-order valence-electron chi connectivity index (χ2n) is 6.84. The van der Waals surface area contributed by atoms with Crippen molar-refractivity contribution >= 4 is 43.9 Å².